The van der Waals surface area contributed by atoms with Crippen LogP contribution >= 0.6 is 0 Å². The fourth-order valence-electron chi connectivity index (χ4n) is 2.20. The summed E-state index contributed by atoms with van der Waals surface area (Å²) in [5.74, 6) is 0. The van der Waals surface area contributed by atoms with Crippen molar-refractivity contribution in [3.63, 3.8) is 0 Å². The lowest BCUT2D eigenvalue weighted by Crippen LogP contribution is -2.38. The summed E-state index contributed by atoms with van der Waals surface area (Å²) in [7, 11) is 0. The van der Waals surface area contributed by atoms with E-state index in [1.54, 1.807) is 0 Å². The van der Waals surface area contributed by atoms with Crippen molar-refractivity contribution in [2.45, 2.75) is 27.2 Å². The van der Waals surface area contributed by atoms with Crippen molar-refractivity contribution >= 4 is 0 Å². The topological polar surface area (TPSA) is 15.3 Å². The maximum Gasteiger partial charge on any atom is 0.0187 e. The van der Waals surface area contributed by atoms with Crippen LogP contribution in [-0.4, -0.2) is 37.6 Å². The lowest BCUT2D eigenvalue weighted by atomic mass is 9.89. The molecule has 0 aromatic heterocycles. The molecular formula is C12H24N2. The normalized spacial score (nSPS) is 27.1. The summed E-state index contributed by atoms with van der Waals surface area (Å²) >= 11 is 0. The summed E-state index contributed by atoms with van der Waals surface area (Å²) in [6.45, 7) is 16.4. The Bertz CT molecular complexity index is 192. The molecule has 0 saturated carbocycles. The molecule has 0 aliphatic carbocycles. The van der Waals surface area contributed by atoms with E-state index in [0.29, 0.717) is 5.41 Å². The predicted octanol–water partition coefficient (Wildman–Crippen LogP) is 1.88. The van der Waals surface area contributed by atoms with E-state index in [-0.39, 0.29) is 0 Å². The van der Waals surface area contributed by atoms with Crippen LogP contribution in [0.1, 0.15) is 27.2 Å². The number of nitrogens with zero attached hydrogens (tertiary/aromatic N) is 1. The molecule has 82 valence electrons. The average molecular weight is 196 g/mol. The number of nitrogens with one attached hydrogen (secondary N) is 1. The van der Waals surface area contributed by atoms with Gasteiger partial charge in [0.2, 0.25) is 0 Å². The fourth-order valence-corrected chi connectivity index (χ4v) is 2.20. The van der Waals surface area contributed by atoms with Crippen LogP contribution in [0.15, 0.2) is 12.2 Å². The highest BCUT2D eigenvalue weighted by atomic mass is 15.1. The Morgan fingerprint density at radius 3 is 2.71 bits per heavy atom. The maximum absolute atomic E-state index is 3.98. The Morgan fingerprint density at radius 1 is 1.57 bits per heavy atom. The molecule has 0 bridgehead atoms. The van der Waals surface area contributed by atoms with Crippen molar-refractivity contribution in [3.8, 4) is 0 Å². The quantitative estimate of drug-likeness (QED) is 0.675. The Labute approximate surface area is 88.4 Å². The third kappa shape index (κ3) is 3.43. The van der Waals surface area contributed by atoms with E-state index in [1.165, 1.54) is 31.6 Å². The maximum atomic E-state index is 3.98. The van der Waals surface area contributed by atoms with Gasteiger partial charge in [-0.25, -0.2) is 0 Å². The lowest BCUT2D eigenvalue weighted by Gasteiger charge is -2.31. The minimum atomic E-state index is 0.478. The first-order valence-electron chi connectivity index (χ1n) is 5.63. The van der Waals surface area contributed by atoms with Gasteiger partial charge in [0.25, 0.3) is 0 Å². The van der Waals surface area contributed by atoms with Gasteiger partial charge in [0.05, 0.1) is 0 Å². The van der Waals surface area contributed by atoms with E-state index in [9.17, 15) is 0 Å². The van der Waals surface area contributed by atoms with Gasteiger partial charge in [-0.15, -0.1) is 0 Å². The number of hydrogen-bond donors (Lipinski definition) is 1. The first-order valence-corrected chi connectivity index (χ1v) is 5.63. The second-order valence-electron chi connectivity index (χ2n) is 5.00. The van der Waals surface area contributed by atoms with E-state index in [1.807, 2.05) is 0 Å². The van der Waals surface area contributed by atoms with Gasteiger partial charge >= 0.3 is 0 Å². The summed E-state index contributed by atoms with van der Waals surface area (Å²) in [6.07, 6.45) is 1.31. The predicted molar refractivity (Wildman–Crippen MR) is 62.5 cm³/mol. The Balaban J connectivity index is 2.42. The standard InChI is InChI=1S/C12H24N2/c1-5-14(8-11(2)3)10-12(4)6-7-13-9-12/h13H,2,5-10H2,1,3-4H3. The molecule has 1 heterocycles. The molecule has 0 spiro atoms. The number of rotatable bonds is 5. The van der Waals surface area contributed by atoms with E-state index in [0.717, 1.165) is 13.1 Å². The molecule has 1 saturated heterocycles. The summed E-state index contributed by atoms with van der Waals surface area (Å²) in [4.78, 5) is 2.50. The second-order valence-corrected chi connectivity index (χ2v) is 5.00. The molecule has 1 atom stereocenters. The van der Waals surface area contributed by atoms with E-state index in [4.69, 9.17) is 0 Å². The average Bonchev–Trinajstić information content (AvgIpc) is 2.50. The van der Waals surface area contributed by atoms with Gasteiger partial charge < -0.3 is 5.32 Å². The zero-order chi connectivity index (χ0) is 10.6. The summed E-state index contributed by atoms with van der Waals surface area (Å²) in [6, 6.07) is 0. The minimum Gasteiger partial charge on any atom is -0.316 e. The smallest absolute Gasteiger partial charge is 0.0187 e. The first-order chi connectivity index (χ1) is 6.56. The molecule has 1 fully saturated rings. The van der Waals surface area contributed by atoms with Crippen molar-refractivity contribution < 1.29 is 0 Å². The molecule has 14 heavy (non-hydrogen) atoms. The lowest BCUT2D eigenvalue weighted by molar-refractivity contribution is 0.197. The molecule has 0 aromatic rings. The van der Waals surface area contributed by atoms with Crippen molar-refractivity contribution in [2.24, 2.45) is 5.41 Å². The minimum absolute atomic E-state index is 0.478. The molecule has 2 nitrogen and oxygen atoms in total. The van der Waals surface area contributed by atoms with Crippen LogP contribution in [0.25, 0.3) is 0 Å². The molecule has 2 heteroatoms. The van der Waals surface area contributed by atoms with Gasteiger partial charge in [-0.05, 0) is 31.8 Å². The first kappa shape index (κ1) is 11.7. The highest BCUT2D eigenvalue weighted by Crippen LogP contribution is 2.25. The molecule has 0 radical (unpaired) electrons. The molecule has 1 aliphatic rings. The molecule has 0 amide bonds. The van der Waals surface area contributed by atoms with Crippen LogP contribution in [0, 0.1) is 5.41 Å². The van der Waals surface area contributed by atoms with Crippen LogP contribution in [0.2, 0.25) is 0 Å². The van der Waals surface area contributed by atoms with E-state index >= 15 is 0 Å². The summed E-state index contributed by atoms with van der Waals surface area (Å²) in [5, 5.41) is 3.45. The van der Waals surface area contributed by atoms with Crippen LogP contribution < -0.4 is 5.32 Å². The molecule has 1 N–H and O–H groups in total. The summed E-state index contributed by atoms with van der Waals surface area (Å²) < 4.78 is 0. The highest BCUT2D eigenvalue weighted by Gasteiger charge is 2.29. The van der Waals surface area contributed by atoms with E-state index < -0.39 is 0 Å². The molecule has 0 aromatic carbocycles. The zero-order valence-electron chi connectivity index (χ0n) is 9.90. The van der Waals surface area contributed by atoms with Crippen molar-refractivity contribution in [1.29, 1.82) is 0 Å². The number of likely N-dealkylation sites (N-methyl/N-ethyl adjacent to an activating group) is 1. The second kappa shape index (κ2) is 4.94. The monoisotopic (exact) mass is 196 g/mol. The van der Waals surface area contributed by atoms with Crippen LogP contribution in [-0.2, 0) is 0 Å². The van der Waals surface area contributed by atoms with Crippen LogP contribution in [0.3, 0.4) is 0 Å². The fraction of sp³-hybridized carbons (Fsp3) is 0.833. The van der Waals surface area contributed by atoms with E-state index in [2.05, 4.69) is 37.6 Å². The van der Waals surface area contributed by atoms with Gasteiger partial charge in [-0.1, -0.05) is 26.0 Å². The SMILES string of the molecule is C=C(C)CN(CC)CC1(C)CCNC1. The summed E-state index contributed by atoms with van der Waals surface area (Å²) in [5.41, 5.74) is 1.74. The zero-order valence-corrected chi connectivity index (χ0v) is 9.90. The number of hydrogen-bond acceptors (Lipinski definition) is 2. The Hall–Kier alpha value is -0.340. The van der Waals surface area contributed by atoms with Gasteiger partial charge in [0.15, 0.2) is 0 Å². The molecular weight excluding hydrogens is 172 g/mol. The van der Waals surface area contributed by atoms with Gasteiger partial charge in [-0.3, -0.25) is 4.90 Å². The van der Waals surface area contributed by atoms with Crippen molar-refractivity contribution in [2.75, 3.05) is 32.7 Å². The molecule has 1 aliphatic heterocycles. The van der Waals surface area contributed by atoms with Gasteiger partial charge in [-0.2, -0.15) is 0 Å². The van der Waals surface area contributed by atoms with Crippen LogP contribution in [0.5, 0.6) is 0 Å². The van der Waals surface area contributed by atoms with Crippen LogP contribution in [0.4, 0.5) is 0 Å². The third-order valence-electron chi connectivity index (χ3n) is 3.00. The molecule has 1 rings (SSSR count). The van der Waals surface area contributed by atoms with Crippen molar-refractivity contribution in [1.82, 2.24) is 10.2 Å². The van der Waals surface area contributed by atoms with Gasteiger partial charge in [0, 0.05) is 19.6 Å². The third-order valence-corrected chi connectivity index (χ3v) is 3.00. The largest absolute Gasteiger partial charge is 0.316 e. The highest BCUT2D eigenvalue weighted by molar-refractivity contribution is 4.94. The Kier molecular flexibility index (Phi) is 4.14. The Morgan fingerprint density at radius 2 is 2.29 bits per heavy atom. The van der Waals surface area contributed by atoms with Gasteiger partial charge in [0.1, 0.15) is 0 Å². The molecule has 1 unspecified atom stereocenters. The van der Waals surface area contributed by atoms with Crippen molar-refractivity contribution in [3.05, 3.63) is 12.2 Å².